The first-order valence-corrected chi connectivity index (χ1v) is 11.8. The van der Waals surface area contributed by atoms with Gasteiger partial charge in [0.1, 0.15) is 11.5 Å². The van der Waals surface area contributed by atoms with E-state index in [1.165, 1.54) is 0 Å². The molecule has 3 heterocycles. The van der Waals surface area contributed by atoms with Crippen LogP contribution in [0.5, 0.6) is 17.4 Å². The van der Waals surface area contributed by atoms with Gasteiger partial charge in [-0.1, -0.05) is 5.92 Å². The van der Waals surface area contributed by atoms with Gasteiger partial charge < -0.3 is 19.1 Å². The third-order valence-electron chi connectivity index (χ3n) is 5.94. The van der Waals surface area contributed by atoms with Crippen LogP contribution in [0.4, 0.5) is 11.4 Å². The van der Waals surface area contributed by atoms with Crippen LogP contribution in [0.3, 0.4) is 0 Å². The Kier molecular flexibility index (Phi) is 7.04. The second-order valence-corrected chi connectivity index (χ2v) is 8.39. The Morgan fingerprint density at radius 1 is 0.842 bits per heavy atom. The average Bonchev–Trinajstić information content (AvgIpc) is 3.40. The molecule has 0 saturated carbocycles. The van der Waals surface area contributed by atoms with E-state index in [1.54, 1.807) is 38.3 Å². The lowest BCUT2D eigenvalue weighted by atomic mass is 10.1. The maximum atomic E-state index is 5.53. The van der Waals surface area contributed by atoms with Crippen LogP contribution in [0, 0.1) is 11.8 Å². The molecule has 0 saturated heterocycles. The highest BCUT2D eigenvalue weighted by Gasteiger charge is 2.13. The molecule has 0 aliphatic rings. The summed E-state index contributed by atoms with van der Waals surface area (Å²) in [4.78, 5) is 15.3. The van der Waals surface area contributed by atoms with Crippen LogP contribution in [0.15, 0.2) is 73.3 Å². The number of anilines is 2. The van der Waals surface area contributed by atoms with Crippen LogP contribution in [-0.2, 0) is 7.05 Å². The summed E-state index contributed by atoms with van der Waals surface area (Å²) in [5, 5.41) is 5.28. The van der Waals surface area contributed by atoms with Crippen molar-refractivity contribution in [1.29, 1.82) is 0 Å². The minimum Gasteiger partial charge on any atom is -0.497 e. The van der Waals surface area contributed by atoms with E-state index < -0.39 is 0 Å². The van der Waals surface area contributed by atoms with Gasteiger partial charge in [0.2, 0.25) is 11.7 Å². The molecule has 3 aromatic heterocycles. The van der Waals surface area contributed by atoms with E-state index in [9.17, 15) is 0 Å². The standard InChI is InChI=1S/C29H26N6O3/c1-34-19-22(18-32-34)21-12-20-13-23(7-8-27(20)31-17-21)35(24-14-25(36-2)16-26(15-24)37-3)11-5-6-28-30-10-9-29(33-28)38-4/h7-10,12-19H,11H2,1-4H3. The van der Waals surface area contributed by atoms with Crippen molar-refractivity contribution >= 4 is 22.3 Å². The number of methoxy groups -OCH3 is 3. The number of aryl methyl sites for hydroxylation is 1. The average molecular weight is 507 g/mol. The highest BCUT2D eigenvalue weighted by atomic mass is 16.5. The molecule has 190 valence electrons. The van der Waals surface area contributed by atoms with Crippen LogP contribution in [0.1, 0.15) is 5.82 Å². The van der Waals surface area contributed by atoms with Crippen LogP contribution in [-0.4, -0.2) is 52.6 Å². The third-order valence-corrected chi connectivity index (χ3v) is 5.94. The summed E-state index contributed by atoms with van der Waals surface area (Å²) in [6.45, 7) is 0.359. The molecule has 0 aliphatic heterocycles. The smallest absolute Gasteiger partial charge is 0.217 e. The van der Waals surface area contributed by atoms with Gasteiger partial charge in [-0.3, -0.25) is 9.67 Å². The Morgan fingerprint density at radius 3 is 2.37 bits per heavy atom. The Labute approximate surface area is 220 Å². The zero-order valence-corrected chi connectivity index (χ0v) is 21.5. The van der Waals surface area contributed by atoms with Gasteiger partial charge in [0.15, 0.2) is 0 Å². The number of aromatic nitrogens is 5. The lowest BCUT2D eigenvalue weighted by molar-refractivity contribution is 0.394. The van der Waals surface area contributed by atoms with Crippen molar-refractivity contribution in [2.75, 3.05) is 32.8 Å². The maximum absolute atomic E-state index is 5.53. The normalized spacial score (nSPS) is 10.5. The van der Waals surface area contributed by atoms with Crippen molar-refractivity contribution in [3.63, 3.8) is 0 Å². The zero-order valence-electron chi connectivity index (χ0n) is 21.5. The van der Waals surface area contributed by atoms with Crippen LogP contribution in [0.2, 0.25) is 0 Å². The van der Waals surface area contributed by atoms with Crippen molar-refractivity contribution in [2.24, 2.45) is 7.05 Å². The molecule has 0 N–H and O–H groups in total. The zero-order chi connectivity index (χ0) is 26.5. The quantitative estimate of drug-likeness (QED) is 0.295. The fourth-order valence-corrected chi connectivity index (χ4v) is 4.01. The summed E-state index contributed by atoms with van der Waals surface area (Å²) in [5.41, 5.74) is 4.68. The largest absolute Gasteiger partial charge is 0.497 e. The molecule has 0 unspecified atom stereocenters. The van der Waals surface area contributed by atoms with E-state index in [0.717, 1.165) is 33.4 Å². The number of hydrogen-bond donors (Lipinski definition) is 0. The molecule has 9 heteroatoms. The van der Waals surface area contributed by atoms with E-state index in [4.69, 9.17) is 14.2 Å². The Morgan fingerprint density at radius 2 is 1.66 bits per heavy atom. The van der Waals surface area contributed by atoms with Gasteiger partial charge in [-0.25, -0.2) is 4.98 Å². The van der Waals surface area contributed by atoms with Gasteiger partial charge in [-0.2, -0.15) is 10.1 Å². The van der Waals surface area contributed by atoms with E-state index >= 15 is 0 Å². The molecule has 5 aromatic rings. The van der Waals surface area contributed by atoms with Gasteiger partial charge in [-0.05, 0) is 30.2 Å². The lowest BCUT2D eigenvalue weighted by Crippen LogP contribution is -2.17. The number of ether oxygens (including phenoxy) is 3. The lowest BCUT2D eigenvalue weighted by Gasteiger charge is -2.24. The second-order valence-electron chi connectivity index (χ2n) is 8.39. The molecule has 0 amide bonds. The van der Waals surface area contributed by atoms with Crippen molar-refractivity contribution in [3.05, 3.63) is 79.1 Å². The number of hydrogen-bond acceptors (Lipinski definition) is 8. The van der Waals surface area contributed by atoms with E-state index in [2.05, 4.69) is 48.9 Å². The molecule has 0 atom stereocenters. The van der Waals surface area contributed by atoms with E-state index in [0.29, 0.717) is 29.7 Å². The van der Waals surface area contributed by atoms with E-state index in [-0.39, 0.29) is 0 Å². The summed E-state index contributed by atoms with van der Waals surface area (Å²) >= 11 is 0. The summed E-state index contributed by atoms with van der Waals surface area (Å²) in [7, 11) is 6.72. The topological polar surface area (TPSA) is 87.4 Å². The molecule has 0 aliphatic carbocycles. The first-order valence-electron chi connectivity index (χ1n) is 11.8. The molecule has 0 bridgehead atoms. The molecular weight excluding hydrogens is 480 g/mol. The number of rotatable bonds is 7. The highest BCUT2D eigenvalue weighted by molar-refractivity contribution is 5.87. The van der Waals surface area contributed by atoms with Gasteiger partial charge in [0.25, 0.3) is 0 Å². The van der Waals surface area contributed by atoms with Crippen LogP contribution < -0.4 is 19.1 Å². The van der Waals surface area contributed by atoms with Crippen molar-refractivity contribution in [2.45, 2.75) is 0 Å². The molecule has 5 rings (SSSR count). The first kappa shape index (κ1) is 24.6. The monoisotopic (exact) mass is 506 g/mol. The van der Waals surface area contributed by atoms with Gasteiger partial charge in [0, 0.05) is 77.8 Å². The summed E-state index contributed by atoms with van der Waals surface area (Å²) in [6, 6.07) is 15.6. The molecule has 38 heavy (non-hydrogen) atoms. The number of pyridine rings is 1. The fraction of sp³-hybridized carbons (Fsp3) is 0.172. The molecule has 0 fully saturated rings. The van der Waals surface area contributed by atoms with Gasteiger partial charge in [-0.15, -0.1) is 0 Å². The molecule has 2 aromatic carbocycles. The number of nitrogens with zero attached hydrogens (tertiary/aromatic N) is 6. The number of fused-ring (bicyclic) bond motifs is 1. The van der Waals surface area contributed by atoms with E-state index in [1.807, 2.05) is 56.0 Å². The Hall–Kier alpha value is -5.10. The molecule has 0 spiro atoms. The first-order chi connectivity index (χ1) is 18.6. The predicted octanol–water partition coefficient (Wildman–Crippen LogP) is 4.64. The molecule has 9 nitrogen and oxygen atoms in total. The Balaban J connectivity index is 1.57. The minimum absolute atomic E-state index is 0.359. The van der Waals surface area contributed by atoms with Crippen LogP contribution >= 0.6 is 0 Å². The summed E-state index contributed by atoms with van der Waals surface area (Å²) in [6.07, 6.45) is 7.29. The highest BCUT2D eigenvalue weighted by Crippen LogP contribution is 2.34. The third kappa shape index (κ3) is 5.34. The fourth-order valence-electron chi connectivity index (χ4n) is 4.01. The van der Waals surface area contributed by atoms with Crippen molar-refractivity contribution in [3.8, 4) is 40.3 Å². The van der Waals surface area contributed by atoms with Crippen molar-refractivity contribution in [1.82, 2.24) is 24.7 Å². The maximum Gasteiger partial charge on any atom is 0.217 e. The van der Waals surface area contributed by atoms with Crippen molar-refractivity contribution < 1.29 is 14.2 Å². The SMILES string of the molecule is COc1cc(OC)cc(N(CC#Cc2nccc(OC)n2)c2ccc3ncc(-c4cnn(C)c4)cc3c2)c1. The minimum atomic E-state index is 0.359. The predicted molar refractivity (Wildman–Crippen MR) is 146 cm³/mol. The second kappa shape index (κ2) is 10.9. The summed E-state index contributed by atoms with van der Waals surface area (Å²) < 4.78 is 18.0. The molecular formula is C29H26N6O3. The van der Waals surface area contributed by atoms with Gasteiger partial charge in [0.05, 0.1) is 39.6 Å². The van der Waals surface area contributed by atoms with Gasteiger partial charge >= 0.3 is 0 Å². The summed E-state index contributed by atoms with van der Waals surface area (Å²) in [5.74, 6) is 8.44. The van der Waals surface area contributed by atoms with Crippen LogP contribution in [0.25, 0.3) is 22.0 Å². The Bertz CT molecular complexity index is 1630. The molecule has 0 radical (unpaired) electrons. The number of benzene rings is 2.